The van der Waals surface area contributed by atoms with Gasteiger partial charge in [-0.1, -0.05) is 63.1 Å². The highest BCUT2D eigenvalue weighted by Gasteiger charge is 2.30. The summed E-state index contributed by atoms with van der Waals surface area (Å²) in [5.41, 5.74) is 11.1. The fourth-order valence-electron chi connectivity index (χ4n) is 4.63. The van der Waals surface area contributed by atoms with Crippen LogP contribution in [0, 0.1) is 0 Å². The third-order valence-corrected chi connectivity index (χ3v) is 6.78. The number of anilines is 2. The van der Waals surface area contributed by atoms with Gasteiger partial charge < -0.3 is 25.3 Å². The van der Waals surface area contributed by atoms with Crippen molar-refractivity contribution in [2.75, 3.05) is 17.6 Å². The van der Waals surface area contributed by atoms with Gasteiger partial charge in [0, 0.05) is 37.0 Å². The number of halogens is 1. The molecule has 0 bridgehead atoms. The Kier molecular flexibility index (Phi) is 9.67. The number of nitrogens with one attached hydrogen (secondary N) is 1. The molecule has 0 aliphatic carbocycles. The molecule has 1 aromatic heterocycles. The van der Waals surface area contributed by atoms with Crippen LogP contribution in [0.15, 0.2) is 36.4 Å². The molecular formula is C30H40ClN5O3. The lowest BCUT2D eigenvalue weighted by Crippen LogP contribution is -2.40. The number of carbonyl (C=O) groups excluding carboxylic acids is 2. The summed E-state index contributed by atoms with van der Waals surface area (Å²) in [5.74, 6) is -0.0141. The summed E-state index contributed by atoms with van der Waals surface area (Å²) in [6.45, 7) is 12.4. The highest BCUT2D eigenvalue weighted by Crippen LogP contribution is 2.37. The quantitative estimate of drug-likeness (QED) is 0.336. The second-order valence-electron chi connectivity index (χ2n) is 10.3. The third-order valence-electron chi connectivity index (χ3n) is 6.35. The molecule has 0 unspecified atom stereocenters. The van der Waals surface area contributed by atoms with Crippen molar-refractivity contribution >= 4 is 35.0 Å². The first-order valence-corrected chi connectivity index (χ1v) is 13.9. The Labute approximate surface area is 236 Å². The van der Waals surface area contributed by atoms with E-state index >= 15 is 0 Å². The summed E-state index contributed by atoms with van der Waals surface area (Å²) in [7, 11) is 1.83. The molecule has 1 aliphatic heterocycles. The Morgan fingerprint density at radius 1 is 1.13 bits per heavy atom. The average molecular weight is 554 g/mol. The third kappa shape index (κ3) is 6.74. The van der Waals surface area contributed by atoms with Crippen LogP contribution in [-0.4, -0.2) is 38.6 Å². The van der Waals surface area contributed by atoms with Crippen molar-refractivity contribution in [1.82, 2.24) is 14.5 Å². The van der Waals surface area contributed by atoms with Crippen LogP contribution in [0.2, 0.25) is 5.02 Å². The predicted molar refractivity (Wildman–Crippen MR) is 158 cm³/mol. The Balaban J connectivity index is 0.00000205. The number of aromatic nitrogens is 2. The van der Waals surface area contributed by atoms with E-state index in [1.54, 1.807) is 11.0 Å². The second-order valence-corrected chi connectivity index (χ2v) is 10.7. The topological polar surface area (TPSA) is 102 Å². The van der Waals surface area contributed by atoms with Gasteiger partial charge in [0.1, 0.15) is 5.60 Å². The molecule has 0 spiro atoms. The van der Waals surface area contributed by atoms with Crippen LogP contribution < -0.4 is 11.1 Å². The summed E-state index contributed by atoms with van der Waals surface area (Å²) in [5, 5.41) is 3.56. The Hall–Kier alpha value is -3.52. The van der Waals surface area contributed by atoms with Crippen molar-refractivity contribution in [2.24, 2.45) is 7.05 Å². The van der Waals surface area contributed by atoms with Gasteiger partial charge >= 0.3 is 6.09 Å². The SMILES string of the molecule is CC.CCCc1c(NC(=O)c2nc3c(n2C)CCN(C(=O)OC(C)(C)C)C3)cccc1-c1cccc(N)c1Cl. The fraction of sp³-hybridized carbons (Fsp3) is 0.433. The van der Waals surface area contributed by atoms with Gasteiger partial charge in [-0.25, -0.2) is 9.78 Å². The first-order valence-electron chi connectivity index (χ1n) is 13.5. The molecule has 0 atom stereocenters. The maximum Gasteiger partial charge on any atom is 0.410 e. The molecule has 2 heterocycles. The molecule has 210 valence electrons. The Morgan fingerprint density at radius 3 is 2.46 bits per heavy atom. The maximum atomic E-state index is 13.4. The Bertz CT molecular complexity index is 1340. The molecule has 3 N–H and O–H groups in total. The number of nitrogens with zero attached hydrogens (tertiary/aromatic N) is 3. The van der Waals surface area contributed by atoms with E-state index in [2.05, 4.69) is 17.2 Å². The minimum Gasteiger partial charge on any atom is -0.444 e. The number of benzene rings is 2. The van der Waals surface area contributed by atoms with Crippen LogP contribution in [0.5, 0.6) is 0 Å². The fourth-order valence-corrected chi connectivity index (χ4v) is 4.85. The molecule has 3 aromatic rings. The van der Waals surface area contributed by atoms with Crippen LogP contribution in [0.25, 0.3) is 11.1 Å². The van der Waals surface area contributed by atoms with Crippen molar-refractivity contribution in [3.8, 4) is 11.1 Å². The van der Waals surface area contributed by atoms with E-state index in [1.165, 1.54) is 0 Å². The average Bonchev–Trinajstić information content (AvgIpc) is 3.23. The van der Waals surface area contributed by atoms with Gasteiger partial charge in [-0.05, 0) is 50.5 Å². The number of imidazole rings is 1. The van der Waals surface area contributed by atoms with E-state index in [4.69, 9.17) is 22.1 Å². The number of carbonyl (C=O) groups is 2. The van der Waals surface area contributed by atoms with Gasteiger partial charge in [0.05, 0.1) is 22.9 Å². The molecule has 2 amide bonds. The number of hydrogen-bond donors (Lipinski definition) is 2. The zero-order valence-electron chi connectivity index (χ0n) is 24.0. The van der Waals surface area contributed by atoms with Crippen LogP contribution in [0.3, 0.4) is 0 Å². The summed E-state index contributed by atoms with van der Waals surface area (Å²) in [4.78, 5) is 32.2. The van der Waals surface area contributed by atoms with E-state index in [1.807, 2.05) is 76.6 Å². The zero-order chi connectivity index (χ0) is 28.9. The molecule has 8 nitrogen and oxygen atoms in total. The maximum absolute atomic E-state index is 13.4. The van der Waals surface area contributed by atoms with Crippen molar-refractivity contribution in [3.05, 3.63) is 64.2 Å². The predicted octanol–water partition coefficient (Wildman–Crippen LogP) is 6.85. The number of amides is 2. The van der Waals surface area contributed by atoms with Crippen LogP contribution in [0.4, 0.5) is 16.2 Å². The van der Waals surface area contributed by atoms with E-state index in [9.17, 15) is 9.59 Å². The van der Waals surface area contributed by atoms with Crippen molar-refractivity contribution in [1.29, 1.82) is 0 Å². The summed E-state index contributed by atoms with van der Waals surface area (Å²) >= 11 is 6.54. The van der Waals surface area contributed by atoms with E-state index < -0.39 is 5.60 Å². The molecule has 2 aromatic carbocycles. The highest BCUT2D eigenvalue weighted by molar-refractivity contribution is 6.35. The van der Waals surface area contributed by atoms with E-state index in [0.29, 0.717) is 47.4 Å². The highest BCUT2D eigenvalue weighted by atomic mass is 35.5. The molecule has 0 saturated carbocycles. The first-order chi connectivity index (χ1) is 18.5. The lowest BCUT2D eigenvalue weighted by molar-refractivity contribution is 0.0220. The number of fused-ring (bicyclic) bond motifs is 1. The summed E-state index contributed by atoms with van der Waals surface area (Å²) < 4.78 is 7.33. The minimum atomic E-state index is -0.576. The van der Waals surface area contributed by atoms with Crippen LogP contribution in [-0.2, 0) is 31.2 Å². The van der Waals surface area contributed by atoms with Crippen molar-refractivity contribution in [3.63, 3.8) is 0 Å². The van der Waals surface area contributed by atoms with E-state index in [-0.39, 0.29) is 12.0 Å². The largest absolute Gasteiger partial charge is 0.444 e. The molecule has 4 rings (SSSR count). The van der Waals surface area contributed by atoms with E-state index in [0.717, 1.165) is 35.2 Å². The second kappa shape index (κ2) is 12.6. The van der Waals surface area contributed by atoms with Gasteiger partial charge in [0.15, 0.2) is 5.82 Å². The lowest BCUT2D eigenvalue weighted by atomic mass is 9.94. The van der Waals surface area contributed by atoms with Crippen LogP contribution >= 0.6 is 11.6 Å². The lowest BCUT2D eigenvalue weighted by Gasteiger charge is -2.29. The van der Waals surface area contributed by atoms with Gasteiger partial charge in [-0.15, -0.1) is 0 Å². The molecule has 39 heavy (non-hydrogen) atoms. The standard InChI is InChI=1S/C28H34ClN5O3.C2H6/c1-6-9-18-17(19-11-7-12-20(30)24(19)29)10-8-13-21(18)32-26(35)25-31-22-16-34(15-14-23(22)33(25)5)27(36)37-28(2,3)4;1-2/h7-8,10-13H,6,9,14-16,30H2,1-5H3,(H,32,35);1-2H3. The molecule has 0 saturated heterocycles. The minimum absolute atomic E-state index is 0.297. The monoisotopic (exact) mass is 553 g/mol. The number of nitrogens with two attached hydrogens (primary N) is 1. The number of rotatable bonds is 5. The van der Waals surface area contributed by atoms with Crippen molar-refractivity contribution in [2.45, 2.75) is 73.0 Å². The molecule has 1 aliphatic rings. The molecule has 9 heteroatoms. The normalized spacial score (nSPS) is 12.8. The number of ether oxygens (including phenoxy) is 1. The molecular weight excluding hydrogens is 514 g/mol. The van der Waals surface area contributed by atoms with Gasteiger partial charge in [-0.2, -0.15) is 0 Å². The first kappa shape index (κ1) is 30.0. The van der Waals surface area contributed by atoms with Gasteiger partial charge in [0.2, 0.25) is 0 Å². The summed E-state index contributed by atoms with van der Waals surface area (Å²) in [6, 6.07) is 11.3. The van der Waals surface area contributed by atoms with Gasteiger partial charge in [-0.3, -0.25) is 4.79 Å². The van der Waals surface area contributed by atoms with Crippen molar-refractivity contribution < 1.29 is 14.3 Å². The van der Waals surface area contributed by atoms with Gasteiger partial charge in [0.25, 0.3) is 5.91 Å². The zero-order valence-corrected chi connectivity index (χ0v) is 24.8. The molecule has 0 radical (unpaired) electrons. The number of nitrogen functional groups attached to an aromatic ring is 1. The smallest absolute Gasteiger partial charge is 0.410 e. The van der Waals surface area contributed by atoms with Crippen LogP contribution in [0.1, 0.15) is 75.5 Å². The molecule has 0 fully saturated rings. The Morgan fingerprint density at radius 2 is 1.79 bits per heavy atom. The summed E-state index contributed by atoms with van der Waals surface area (Å²) in [6.07, 6.45) is 1.85. The number of hydrogen-bond acceptors (Lipinski definition) is 5.